The van der Waals surface area contributed by atoms with Crippen molar-refractivity contribution in [1.82, 2.24) is 5.32 Å². The van der Waals surface area contributed by atoms with Crippen LogP contribution in [-0.4, -0.2) is 19.1 Å². The number of fused-ring (bicyclic) bond motifs is 1. The molecule has 1 N–H and O–H groups in total. The summed E-state index contributed by atoms with van der Waals surface area (Å²) in [5.74, 6) is 1.76. The Bertz CT molecular complexity index is 509. The van der Waals surface area contributed by atoms with Gasteiger partial charge in [0.25, 0.3) is 0 Å². The maximum atomic E-state index is 11.9. The molecule has 0 aromatic heterocycles. The zero-order valence-corrected chi connectivity index (χ0v) is 12.8. The van der Waals surface area contributed by atoms with Crippen LogP contribution in [0.1, 0.15) is 31.9 Å². The Morgan fingerprint density at radius 2 is 2.00 bits per heavy atom. The number of hydrogen-bond acceptors (Lipinski definition) is 3. The van der Waals surface area contributed by atoms with E-state index in [0.717, 1.165) is 16.9 Å². The normalized spacial score (nSPS) is 14.0. The SMILES string of the molecule is CC(C)(C)C(=O)NCc1ccc2c(c1CCl)OCCO2. The van der Waals surface area contributed by atoms with Crippen LogP contribution < -0.4 is 14.8 Å². The molecule has 0 bridgehead atoms. The molecule has 0 aliphatic carbocycles. The molecular weight excluding hydrogens is 278 g/mol. The van der Waals surface area contributed by atoms with Crippen LogP contribution in [0.4, 0.5) is 0 Å². The van der Waals surface area contributed by atoms with E-state index in [1.807, 2.05) is 32.9 Å². The van der Waals surface area contributed by atoms with Gasteiger partial charge in [-0.05, 0) is 11.6 Å². The van der Waals surface area contributed by atoms with Crippen molar-refractivity contribution < 1.29 is 14.3 Å². The van der Waals surface area contributed by atoms with Crippen LogP contribution in [0.5, 0.6) is 11.5 Å². The van der Waals surface area contributed by atoms with Crippen LogP contribution in [0.25, 0.3) is 0 Å². The molecule has 20 heavy (non-hydrogen) atoms. The molecule has 2 rings (SSSR count). The second-order valence-corrected chi connectivity index (χ2v) is 6.06. The zero-order valence-electron chi connectivity index (χ0n) is 12.1. The van der Waals surface area contributed by atoms with E-state index in [-0.39, 0.29) is 5.91 Å². The Balaban J connectivity index is 2.18. The molecule has 1 amide bonds. The number of ether oxygens (including phenoxy) is 2. The van der Waals surface area contributed by atoms with Gasteiger partial charge in [-0.25, -0.2) is 0 Å². The molecular formula is C15H20ClNO3. The summed E-state index contributed by atoms with van der Waals surface area (Å²) in [6.45, 7) is 7.16. The van der Waals surface area contributed by atoms with Crippen molar-refractivity contribution in [3.8, 4) is 11.5 Å². The number of benzene rings is 1. The van der Waals surface area contributed by atoms with Crippen molar-refractivity contribution in [3.63, 3.8) is 0 Å². The maximum Gasteiger partial charge on any atom is 0.225 e. The van der Waals surface area contributed by atoms with Gasteiger partial charge in [-0.1, -0.05) is 26.8 Å². The van der Waals surface area contributed by atoms with Crippen LogP contribution in [0, 0.1) is 5.41 Å². The molecule has 0 atom stereocenters. The van der Waals surface area contributed by atoms with Crippen LogP contribution in [0.3, 0.4) is 0 Å². The average molecular weight is 298 g/mol. The largest absolute Gasteiger partial charge is 0.486 e. The topological polar surface area (TPSA) is 47.6 Å². The second-order valence-electron chi connectivity index (χ2n) is 5.79. The lowest BCUT2D eigenvalue weighted by atomic mass is 9.95. The van der Waals surface area contributed by atoms with E-state index in [4.69, 9.17) is 21.1 Å². The number of carbonyl (C=O) groups is 1. The number of hydrogen-bond donors (Lipinski definition) is 1. The van der Waals surface area contributed by atoms with Gasteiger partial charge in [0.2, 0.25) is 5.91 Å². The predicted octanol–water partition coefficient (Wildman–Crippen LogP) is 2.86. The minimum Gasteiger partial charge on any atom is -0.486 e. The summed E-state index contributed by atoms with van der Waals surface area (Å²) in [6, 6.07) is 3.79. The summed E-state index contributed by atoms with van der Waals surface area (Å²) < 4.78 is 11.2. The number of carbonyl (C=O) groups excluding carboxylic acids is 1. The lowest BCUT2D eigenvalue weighted by Crippen LogP contribution is -2.34. The molecule has 1 aliphatic heterocycles. The quantitative estimate of drug-likeness (QED) is 0.873. The van der Waals surface area contributed by atoms with E-state index in [1.54, 1.807) is 0 Å². The molecule has 0 spiro atoms. The van der Waals surface area contributed by atoms with Crippen molar-refractivity contribution >= 4 is 17.5 Å². The third kappa shape index (κ3) is 3.18. The fraction of sp³-hybridized carbons (Fsp3) is 0.533. The van der Waals surface area contributed by atoms with Crippen LogP contribution in [0.2, 0.25) is 0 Å². The Morgan fingerprint density at radius 3 is 2.65 bits per heavy atom. The van der Waals surface area contributed by atoms with E-state index in [1.165, 1.54) is 0 Å². The van der Waals surface area contributed by atoms with E-state index >= 15 is 0 Å². The number of halogens is 1. The highest BCUT2D eigenvalue weighted by molar-refractivity contribution is 6.17. The Labute approximate surface area is 124 Å². The second kappa shape index (κ2) is 5.92. The lowest BCUT2D eigenvalue weighted by Gasteiger charge is -2.23. The molecule has 1 aromatic rings. The minimum absolute atomic E-state index is 0.00733. The van der Waals surface area contributed by atoms with Crippen molar-refractivity contribution in [3.05, 3.63) is 23.3 Å². The van der Waals surface area contributed by atoms with E-state index < -0.39 is 5.41 Å². The van der Waals surface area contributed by atoms with E-state index in [2.05, 4.69) is 5.32 Å². The fourth-order valence-corrected chi connectivity index (χ4v) is 2.26. The first-order valence-corrected chi connectivity index (χ1v) is 7.21. The molecule has 4 nitrogen and oxygen atoms in total. The van der Waals surface area contributed by atoms with Crippen molar-refractivity contribution in [2.75, 3.05) is 13.2 Å². The molecule has 110 valence electrons. The standard InChI is InChI=1S/C15H20ClNO3/c1-15(2,3)14(18)17-9-10-4-5-12-13(11(10)8-16)20-7-6-19-12/h4-5H,6-9H2,1-3H3,(H,17,18). The molecule has 0 radical (unpaired) electrons. The molecule has 5 heteroatoms. The van der Waals surface area contributed by atoms with Gasteiger partial charge in [-0.3, -0.25) is 4.79 Å². The summed E-state index contributed by atoms with van der Waals surface area (Å²) in [5, 5.41) is 2.93. The third-order valence-electron chi connectivity index (χ3n) is 3.16. The summed E-state index contributed by atoms with van der Waals surface area (Å²) in [4.78, 5) is 11.9. The van der Waals surface area contributed by atoms with Gasteiger partial charge >= 0.3 is 0 Å². The number of alkyl halides is 1. The molecule has 0 saturated carbocycles. The molecule has 1 aromatic carbocycles. The van der Waals surface area contributed by atoms with Crippen LogP contribution in [-0.2, 0) is 17.2 Å². The highest BCUT2D eigenvalue weighted by atomic mass is 35.5. The van der Waals surface area contributed by atoms with Gasteiger partial charge in [0.05, 0.1) is 5.88 Å². The molecule has 0 unspecified atom stereocenters. The summed E-state index contributed by atoms with van der Waals surface area (Å²) in [7, 11) is 0. The first kappa shape index (κ1) is 15.0. The number of rotatable bonds is 3. The number of nitrogens with one attached hydrogen (secondary N) is 1. The van der Waals surface area contributed by atoms with E-state index in [9.17, 15) is 4.79 Å². The first-order valence-electron chi connectivity index (χ1n) is 6.68. The average Bonchev–Trinajstić information content (AvgIpc) is 2.42. The Kier molecular flexibility index (Phi) is 4.43. The predicted molar refractivity (Wildman–Crippen MR) is 78.3 cm³/mol. The molecule has 1 aliphatic rings. The molecule has 1 heterocycles. The van der Waals surface area contributed by atoms with Crippen molar-refractivity contribution in [1.29, 1.82) is 0 Å². The van der Waals surface area contributed by atoms with Crippen molar-refractivity contribution in [2.45, 2.75) is 33.2 Å². The monoisotopic (exact) mass is 297 g/mol. The lowest BCUT2D eigenvalue weighted by molar-refractivity contribution is -0.128. The highest BCUT2D eigenvalue weighted by Crippen LogP contribution is 2.36. The van der Waals surface area contributed by atoms with Gasteiger partial charge in [-0.15, -0.1) is 11.6 Å². The Hall–Kier alpha value is -1.42. The molecule has 0 saturated heterocycles. The molecule has 0 fully saturated rings. The van der Waals surface area contributed by atoms with Crippen LogP contribution in [0.15, 0.2) is 12.1 Å². The van der Waals surface area contributed by atoms with Crippen molar-refractivity contribution in [2.24, 2.45) is 5.41 Å². The fourth-order valence-electron chi connectivity index (χ4n) is 1.97. The summed E-state index contributed by atoms with van der Waals surface area (Å²) >= 11 is 6.03. The van der Waals surface area contributed by atoms with E-state index in [0.29, 0.717) is 31.4 Å². The first-order chi connectivity index (χ1) is 9.43. The van der Waals surface area contributed by atoms with Crippen LogP contribution >= 0.6 is 11.6 Å². The summed E-state index contributed by atoms with van der Waals surface area (Å²) in [6.07, 6.45) is 0. The highest BCUT2D eigenvalue weighted by Gasteiger charge is 2.22. The third-order valence-corrected chi connectivity index (χ3v) is 3.43. The van der Waals surface area contributed by atoms with Gasteiger partial charge in [0.15, 0.2) is 11.5 Å². The maximum absolute atomic E-state index is 11.9. The zero-order chi connectivity index (χ0) is 14.8. The summed E-state index contributed by atoms with van der Waals surface area (Å²) in [5.41, 5.74) is 1.44. The Morgan fingerprint density at radius 1 is 1.30 bits per heavy atom. The van der Waals surface area contributed by atoms with Gasteiger partial charge < -0.3 is 14.8 Å². The minimum atomic E-state index is -0.408. The number of amides is 1. The smallest absolute Gasteiger partial charge is 0.225 e. The van der Waals surface area contributed by atoms with Gasteiger partial charge in [0.1, 0.15) is 13.2 Å². The van der Waals surface area contributed by atoms with Gasteiger partial charge in [-0.2, -0.15) is 0 Å². The van der Waals surface area contributed by atoms with Gasteiger partial charge in [0, 0.05) is 17.5 Å².